The van der Waals surface area contributed by atoms with Crippen molar-refractivity contribution >= 4 is 0 Å². The zero-order chi connectivity index (χ0) is 14.2. The molecule has 0 aliphatic rings. The zero-order valence-corrected chi connectivity index (χ0v) is 11.4. The van der Waals surface area contributed by atoms with Gasteiger partial charge in [-0.05, 0) is 24.6 Å². The molecule has 1 aromatic heterocycles. The van der Waals surface area contributed by atoms with E-state index in [1.165, 1.54) is 0 Å². The highest BCUT2D eigenvalue weighted by Gasteiger charge is 2.11. The largest absolute Gasteiger partial charge is 0.378 e. The molecule has 0 radical (unpaired) electrons. The van der Waals surface area contributed by atoms with E-state index in [1.54, 1.807) is 12.4 Å². The van der Waals surface area contributed by atoms with Crippen LogP contribution in [0.15, 0.2) is 54.9 Å². The number of aliphatic hydroxyl groups is 1. The summed E-state index contributed by atoms with van der Waals surface area (Å²) in [5.41, 5.74) is 1.86. The van der Waals surface area contributed by atoms with Crippen molar-refractivity contribution in [3.05, 3.63) is 66.0 Å². The monoisotopic (exact) mass is 267 g/mol. The lowest BCUT2D eigenvalue weighted by Gasteiger charge is -2.15. The van der Waals surface area contributed by atoms with Gasteiger partial charge in [0.15, 0.2) is 0 Å². The summed E-state index contributed by atoms with van der Waals surface area (Å²) in [6, 6.07) is 13.5. The molecule has 0 spiro atoms. The van der Waals surface area contributed by atoms with Gasteiger partial charge in [0.2, 0.25) is 0 Å². The summed E-state index contributed by atoms with van der Waals surface area (Å²) in [6.45, 7) is 2.28. The van der Waals surface area contributed by atoms with E-state index in [2.05, 4.69) is 16.8 Å². The van der Waals surface area contributed by atoms with Gasteiger partial charge in [-0.2, -0.15) is 0 Å². The van der Waals surface area contributed by atoms with Gasteiger partial charge in [0.25, 0.3) is 0 Å². The van der Waals surface area contributed by atoms with Gasteiger partial charge in [-0.1, -0.05) is 42.2 Å². The van der Waals surface area contributed by atoms with E-state index in [0.717, 1.165) is 11.1 Å². The van der Waals surface area contributed by atoms with Gasteiger partial charge in [0, 0.05) is 18.0 Å². The van der Waals surface area contributed by atoms with E-state index in [9.17, 15) is 5.11 Å². The number of nitrogens with zero attached hydrogens (tertiary/aromatic N) is 1. The predicted molar refractivity (Wildman–Crippen MR) is 77.8 cm³/mol. The van der Waals surface area contributed by atoms with Crippen molar-refractivity contribution in [1.29, 1.82) is 0 Å². The molecule has 0 amide bonds. The molecule has 102 valence electrons. The molecule has 0 saturated carbocycles. The van der Waals surface area contributed by atoms with Gasteiger partial charge in [-0.25, -0.2) is 0 Å². The third kappa shape index (κ3) is 4.51. The second-order valence-corrected chi connectivity index (χ2v) is 4.46. The van der Waals surface area contributed by atoms with E-state index in [4.69, 9.17) is 4.74 Å². The van der Waals surface area contributed by atoms with Crippen LogP contribution in [0.5, 0.6) is 0 Å². The smallest absolute Gasteiger partial charge is 0.140 e. The molecule has 1 heterocycles. The van der Waals surface area contributed by atoms with Gasteiger partial charge in [0.05, 0.1) is 12.7 Å². The molecule has 0 saturated heterocycles. The minimum absolute atomic E-state index is 0.348. The Balaban J connectivity index is 1.86. The highest BCUT2D eigenvalue weighted by Crippen LogP contribution is 2.06. The Morgan fingerprint density at radius 2 is 2.00 bits per heavy atom. The van der Waals surface area contributed by atoms with E-state index < -0.39 is 6.10 Å². The molecule has 20 heavy (non-hydrogen) atoms. The molecule has 3 nitrogen and oxygen atoms in total. The maximum Gasteiger partial charge on any atom is 0.140 e. The third-order valence-electron chi connectivity index (χ3n) is 2.83. The number of aliphatic hydroxyl groups excluding tert-OH is 1. The number of aromatic nitrogens is 1. The summed E-state index contributed by atoms with van der Waals surface area (Å²) >= 11 is 0. The van der Waals surface area contributed by atoms with Crippen molar-refractivity contribution < 1.29 is 9.84 Å². The first-order valence-corrected chi connectivity index (χ1v) is 6.51. The Hall–Kier alpha value is -2.15. The van der Waals surface area contributed by atoms with Crippen LogP contribution in [0.4, 0.5) is 0 Å². The molecule has 0 fully saturated rings. The second-order valence-electron chi connectivity index (χ2n) is 4.46. The quantitative estimate of drug-likeness (QED) is 0.865. The van der Waals surface area contributed by atoms with Gasteiger partial charge in [0.1, 0.15) is 6.10 Å². The molecule has 1 aromatic carbocycles. The Kier molecular flexibility index (Phi) is 5.31. The third-order valence-corrected chi connectivity index (χ3v) is 2.83. The predicted octanol–water partition coefficient (Wildman–Crippen LogP) is 2.40. The molecular formula is C17H17NO2. The highest BCUT2D eigenvalue weighted by molar-refractivity contribution is 5.32. The highest BCUT2D eigenvalue weighted by atomic mass is 16.5. The maximum absolute atomic E-state index is 9.94. The zero-order valence-electron chi connectivity index (χ0n) is 11.4. The fourth-order valence-electron chi connectivity index (χ4n) is 1.60. The van der Waals surface area contributed by atoms with Crippen molar-refractivity contribution in [2.45, 2.75) is 25.7 Å². The van der Waals surface area contributed by atoms with Gasteiger partial charge in [-0.3, -0.25) is 4.98 Å². The van der Waals surface area contributed by atoms with Crippen molar-refractivity contribution in [2.24, 2.45) is 0 Å². The van der Waals surface area contributed by atoms with E-state index >= 15 is 0 Å². The molecule has 2 aromatic rings. The summed E-state index contributed by atoms with van der Waals surface area (Å²) in [4.78, 5) is 3.97. The summed E-state index contributed by atoms with van der Waals surface area (Å²) in [5, 5.41) is 9.94. The summed E-state index contributed by atoms with van der Waals surface area (Å²) in [7, 11) is 0. The van der Waals surface area contributed by atoms with Crippen molar-refractivity contribution in [2.75, 3.05) is 0 Å². The Labute approximate surface area is 119 Å². The minimum atomic E-state index is -0.820. The molecule has 2 rings (SSSR count). The molecule has 0 aliphatic carbocycles. The second kappa shape index (κ2) is 7.44. The summed E-state index contributed by atoms with van der Waals surface area (Å²) < 4.78 is 5.61. The SMILES string of the molecule is C[C@@H](OCc1ccccc1)C(O)C#Cc1cccnc1. The number of benzene rings is 1. The Morgan fingerprint density at radius 3 is 2.70 bits per heavy atom. The lowest BCUT2D eigenvalue weighted by atomic mass is 10.2. The topological polar surface area (TPSA) is 42.4 Å². The normalized spacial score (nSPS) is 13.1. The molecule has 1 unspecified atom stereocenters. The van der Waals surface area contributed by atoms with Gasteiger partial charge in [-0.15, -0.1) is 0 Å². The van der Waals surface area contributed by atoms with Crippen LogP contribution >= 0.6 is 0 Å². The average molecular weight is 267 g/mol. The first-order chi connectivity index (χ1) is 9.75. The lowest BCUT2D eigenvalue weighted by molar-refractivity contribution is -0.0116. The fraction of sp³-hybridized carbons (Fsp3) is 0.235. The van der Waals surface area contributed by atoms with Crippen LogP contribution in [0.3, 0.4) is 0 Å². The minimum Gasteiger partial charge on any atom is -0.378 e. The van der Waals surface area contributed by atoms with Crippen LogP contribution < -0.4 is 0 Å². The molecule has 0 bridgehead atoms. The van der Waals surface area contributed by atoms with Crippen molar-refractivity contribution in [3.8, 4) is 11.8 Å². The van der Waals surface area contributed by atoms with E-state index in [-0.39, 0.29) is 6.10 Å². The number of hydrogen-bond acceptors (Lipinski definition) is 3. The number of pyridine rings is 1. The number of ether oxygens (including phenoxy) is 1. The van der Waals surface area contributed by atoms with Crippen LogP contribution in [0.2, 0.25) is 0 Å². The van der Waals surface area contributed by atoms with Crippen LogP contribution in [-0.2, 0) is 11.3 Å². The molecule has 1 N–H and O–H groups in total. The Morgan fingerprint density at radius 1 is 1.20 bits per heavy atom. The van der Waals surface area contributed by atoms with Crippen LogP contribution in [0, 0.1) is 11.8 Å². The summed E-state index contributed by atoms with van der Waals surface area (Å²) in [6.07, 6.45) is 2.18. The number of hydrogen-bond donors (Lipinski definition) is 1. The molecule has 3 heteroatoms. The maximum atomic E-state index is 9.94. The Bertz CT molecular complexity index is 572. The van der Waals surface area contributed by atoms with Crippen LogP contribution in [0.25, 0.3) is 0 Å². The first-order valence-electron chi connectivity index (χ1n) is 6.51. The standard InChI is InChI=1S/C17H17NO2/c1-14(20-13-16-6-3-2-4-7-16)17(19)10-9-15-8-5-11-18-12-15/h2-8,11-12,14,17,19H,13H2,1H3/t14-,17?/m1/s1. The van der Waals surface area contributed by atoms with E-state index in [1.807, 2.05) is 49.4 Å². The van der Waals surface area contributed by atoms with Crippen molar-refractivity contribution in [3.63, 3.8) is 0 Å². The van der Waals surface area contributed by atoms with E-state index in [0.29, 0.717) is 6.61 Å². The van der Waals surface area contributed by atoms with Crippen LogP contribution in [0.1, 0.15) is 18.1 Å². The molecule has 0 aliphatic heterocycles. The average Bonchev–Trinajstić information content (AvgIpc) is 2.52. The van der Waals surface area contributed by atoms with Gasteiger partial charge >= 0.3 is 0 Å². The fourth-order valence-corrected chi connectivity index (χ4v) is 1.60. The molecular weight excluding hydrogens is 250 g/mol. The van der Waals surface area contributed by atoms with Crippen LogP contribution in [-0.4, -0.2) is 22.3 Å². The molecule has 2 atom stereocenters. The van der Waals surface area contributed by atoms with Crippen molar-refractivity contribution in [1.82, 2.24) is 4.98 Å². The lowest BCUT2D eigenvalue weighted by Crippen LogP contribution is -2.24. The van der Waals surface area contributed by atoms with Gasteiger partial charge < -0.3 is 9.84 Å². The number of rotatable bonds is 4. The summed E-state index contributed by atoms with van der Waals surface area (Å²) in [5.74, 6) is 5.66. The first kappa shape index (κ1) is 14.3.